The van der Waals surface area contributed by atoms with Gasteiger partial charge >= 0.3 is 11.8 Å². The lowest BCUT2D eigenvalue weighted by Gasteiger charge is -2.25. The van der Waals surface area contributed by atoms with Crippen molar-refractivity contribution < 1.29 is 26.3 Å². The number of halogens is 8. The van der Waals surface area contributed by atoms with Gasteiger partial charge in [-0.25, -0.2) is 8.78 Å². The lowest BCUT2D eigenvalue weighted by molar-refractivity contribution is -0.210. The highest BCUT2D eigenvalue weighted by Crippen LogP contribution is 2.62. The Morgan fingerprint density at radius 2 is 1.38 bits per heavy atom. The Hall–Kier alpha value is 0.280. The highest BCUT2D eigenvalue weighted by atomic mass is 79.9. The molecule has 0 aromatic heterocycles. The summed E-state index contributed by atoms with van der Waals surface area (Å²) in [6.07, 6.45) is 0. The SMILES string of the molecule is FC1=C(Br)C(F)(Br)C(F)(F)C1(F)F. The molecule has 1 rings (SSSR count). The quantitative estimate of drug-likeness (QED) is 0.466. The van der Waals surface area contributed by atoms with Crippen molar-refractivity contribution in [3.63, 3.8) is 0 Å². The molecule has 0 radical (unpaired) electrons. The van der Waals surface area contributed by atoms with Gasteiger partial charge in [0.2, 0.25) is 0 Å². The predicted octanol–water partition coefficient (Wildman–Crippen LogP) is 3.91. The van der Waals surface area contributed by atoms with Gasteiger partial charge in [-0.05, 0) is 31.9 Å². The third kappa shape index (κ3) is 1.10. The van der Waals surface area contributed by atoms with Crippen LogP contribution in [0.2, 0.25) is 0 Å². The van der Waals surface area contributed by atoms with E-state index in [-0.39, 0.29) is 0 Å². The summed E-state index contributed by atoms with van der Waals surface area (Å²) in [6, 6.07) is 0. The van der Waals surface area contributed by atoms with E-state index >= 15 is 0 Å². The molecule has 1 aliphatic rings. The van der Waals surface area contributed by atoms with Crippen molar-refractivity contribution in [2.75, 3.05) is 0 Å². The maximum atomic E-state index is 12.9. The summed E-state index contributed by atoms with van der Waals surface area (Å²) in [4.78, 5) is 0. The minimum atomic E-state index is -5.15. The van der Waals surface area contributed by atoms with E-state index in [1.54, 1.807) is 15.9 Å². The first kappa shape index (κ1) is 11.4. The Bertz CT molecular complexity index is 255. The van der Waals surface area contributed by atoms with E-state index in [4.69, 9.17) is 0 Å². The maximum absolute atomic E-state index is 12.9. The van der Waals surface area contributed by atoms with Gasteiger partial charge in [0.1, 0.15) is 0 Å². The highest BCUT2D eigenvalue weighted by molar-refractivity contribution is 9.14. The monoisotopic (exact) mass is 332 g/mol. The lowest BCUT2D eigenvalue weighted by Crippen LogP contribution is -2.47. The van der Waals surface area contributed by atoms with Crippen LogP contribution >= 0.6 is 31.9 Å². The summed E-state index contributed by atoms with van der Waals surface area (Å²) in [5.74, 6) is -12.8. The highest BCUT2D eigenvalue weighted by Gasteiger charge is 2.78. The molecule has 0 N–H and O–H groups in total. The molecule has 1 unspecified atom stereocenters. The Morgan fingerprint density at radius 3 is 1.46 bits per heavy atom. The molecule has 13 heavy (non-hydrogen) atoms. The van der Waals surface area contributed by atoms with Crippen LogP contribution in [0.1, 0.15) is 0 Å². The number of hydrogen-bond acceptors (Lipinski definition) is 0. The summed E-state index contributed by atoms with van der Waals surface area (Å²) in [5, 5.41) is 0. The smallest absolute Gasteiger partial charge is 0.218 e. The van der Waals surface area contributed by atoms with Crippen LogP contribution < -0.4 is 0 Å². The van der Waals surface area contributed by atoms with Crippen LogP contribution in [-0.2, 0) is 0 Å². The van der Waals surface area contributed by atoms with Crippen LogP contribution in [0.5, 0.6) is 0 Å². The van der Waals surface area contributed by atoms with Crippen molar-refractivity contribution in [3.05, 3.63) is 10.3 Å². The number of hydrogen-bond donors (Lipinski definition) is 0. The zero-order valence-corrected chi connectivity index (χ0v) is 8.70. The molecule has 1 aliphatic carbocycles. The summed E-state index contributed by atoms with van der Waals surface area (Å²) >= 11 is 3.70. The van der Waals surface area contributed by atoms with Crippen LogP contribution in [0, 0.1) is 0 Å². The standard InChI is InChI=1S/C5Br2F6/c6-1-2(8)4(10,11)5(12,13)3(1,7)9. The summed E-state index contributed by atoms with van der Waals surface area (Å²) in [5.41, 5.74) is 0. The molecule has 0 aliphatic heterocycles. The maximum Gasteiger partial charge on any atom is 0.366 e. The van der Waals surface area contributed by atoms with E-state index in [0.29, 0.717) is 0 Å². The lowest BCUT2D eigenvalue weighted by atomic mass is 10.2. The molecule has 0 spiro atoms. The number of alkyl halides is 6. The Labute approximate surface area is 85.2 Å². The molecule has 0 aromatic carbocycles. The average molecular weight is 334 g/mol. The van der Waals surface area contributed by atoms with Gasteiger partial charge in [-0.3, -0.25) is 0 Å². The minimum Gasteiger partial charge on any atom is -0.218 e. The van der Waals surface area contributed by atoms with E-state index in [1.165, 1.54) is 0 Å². The molecule has 0 saturated heterocycles. The number of allylic oxidation sites excluding steroid dienone is 2. The van der Waals surface area contributed by atoms with Crippen molar-refractivity contribution in [3.8, 4) is 0 Å². The average Bonchev–Trinajstić information content (AvgIpc) is 2.05. The van der Waals surface area contributed by atoms with Crippen molar-refractivity contribution >= 4 is 31.9 Å². The first-order valence-electron chi connectivity index (χ1n) is 2.76. The normalized spacial score (nSPS) is 36.9. The van der Waals surface area contributed by atoms with E-state index in [0.717, 1.165) is 0 Å². The van der Waals surface area contributed by atoms with Gasteiger partial charge in [0.15, 0.2) is 5.83 Å². The second kappa shape index (κ2) is 2.65. The van der Waals surface area contributed by atoms with Crippen molar-refractivity contribution in [1.29, 1.82) is 0 Å². The molecule has 0 nitrogen and oxygen atoms in total. The van der Waals surface area contributed by atoms with Crippen LogP contribution in [0.4, 0.5) is 26.3 Å². The van der Waals surface area contributed by atoms with Crippen molar-refractivity contribution in [1.82, 2.24) is 0 Å². The van der Waals surface area contributed by atoms with Gasteiger partial charge < -0.3 is 0 Å². The predicted molar refractivity (Wildman–Crippen MR) is 39.7 cm³/mol. The Kier molecular flexibility index (Phi) is 2.32. The summed E-state index contributed by atoms with van der Waals surface area (Å²) in [6.45, 7) is 0. The van der Waals surface area contributed by atoms with Gasteiger partial charge in [0, 0.05) is 0 Å². The second-order valence-corrected chi connectivity index (χ2v) is 4.24. The topological polar surface area (TPSA) is 0 Å². The third-order valence-corrected chi connectivity index (χ3v) is 3.85. The number of rotatable bonds is 0. The zero-order valence-electron chi connectivity index (χ0n) is 5.52. The van der Waals surface area contributed by atoms with E-state index in [2.05, 4.69) is 0 Å². The molecular weight excluding hydrogens is 334 g/mol. The molecule has 76 valence electrons. The largest absolute Gasteiger partial charge is 0.366 e. The Morgan fingerprint density at radius 1 is 1.00 bits per heavy atom. The first-order valence-corrected chi connectivity index (χ1v) is 4.35. The zero-order chi connectivity index (χ0) is 10.7. The van der Waals surface area contributed by atoms with Crippen molar-refractivity contribution in [2.24, 2.45) is 0 Å². The molecule has 0 bridgehead atoms. The van der Waals surface area contributed by atoms with E-state index < -0.39 is 26.7 Å². The Balaban J connectivity index is 3.39. The third-order valence-electron chi connectivity index (χ3n) is 1.53. The van der Waals surface area contributed by atoms with Gasteiger partial charge in [-0.1, -0.05) is 0 Å². The van der Waals surface area contributed by atoms with Gasteiger partial charge in [-0.2, -0.15) is 17.6 Å². The molecule has 0 amide bonds. The minimum absolute atomic E-state index is 1.52. The van der Waals surface area contributed by atoms with Crippen molar-refractivity contribution in [2.45, 2.75) is 16.4 Å². The fraction of sp³-hybridized carbons (Fsp3) is 0.600. The fourth-order valence-corrected chi connectivity index (χ4v) is 1.67. The molecular formula is C5Br2F6. The second-order valence-electron chi connectivity index (χ2n) is 2.35. The van der Waals surface area contributed by atoms with Gasteiger partial charge in [0.25, 0.3) is 4.58 Å². The van der Waals surface area contributed by atoms with Gasteiger partial charge in [-0.15, -0.1) is 0 Å². The summed E-state index contributed by atoms with van der Waals surface area (Å²) < 4.78 is 69.7. The van der Waals surface area contributed by atoms with Crippen LogP contribution in [0.3, 0.4) is 0 Å². The summed E-state index contributed by atoms with van der Waals surface area (Å²) in [7, 11) is 0. The molecule has 0 heterocycles. The van der Waals surface area contributed by atoms with Gasteiger partial charge in [0.05, 0.1) is 4.48 Å². The van der Waals surface area contributed by atoms with Crippen LogP contribution in [0.25, 0.3) is 0 Å². The van der Waals surface area contributed by atoms with Crippen LogP contribution in [0.15, 0.2) is 10.3 Å². The first-order chi connectivity index (χ1) is 5.57. The molecule has 0 saturated carbocycles. The molecule has 1 atom stereocenters. The molecule has 0 aromatic rings. The molecule has 0 fully saturated rings. The van der Waals surface area contributed by atoms with E-state index in [9.17, 15) is 26.3 Å². The fourth-order valence-electron chi connectivity index (χ4n) is 0.749. The van der Waals surface area contributed by atoms with E-state index in [1.807, 2.05) is 15.9 Å². The van der Waals surface area contributed by atoms with Crippen LogP contribution in [-0.4, -0.2) is 16.4 Å². The molecule has 8 heteroatoms.